The number of aromatic hydroxyl groups is 1. The number of hydrogen-bond acceptors (Lipinski definition) is 3. The van der Waals surface area contributed by atoms with Gasteiger partial charge in [-0.15, -0.1) is 0 Å². The molecule has 3 heteroatoms. The molecule has 1 aromatic rings. The molecule has 0 radical (unpaired) electrons. The molecule has 1 saturated carbocycles. The second-order valence-corrected chi connectivity index (χ2v) is 5.03. The SMILES string of the molecule is NC1CC(c2ccc(O)cc2)N(C2CC2)C1. The number of hydrogen-bond donors (Lipinski definition) is 2. The Hall–Kier alpha value is -1.06. The summed E-state index contributed by atoms with van der Waals surface area (Å²) in [5.41, 5.74) is 7.35. The first-order chi connectivity index (χ1) is 7.74. The zero-order valence-corrected chi connectivity index (χ0v) is 9.34. The van der Waals surface area contributed by atoms with Crippen LogP contribution in [0.4, 0.5) is 0 Å². The molecule has 0 bridgehead atoms. The van der Waals surface area contributed by atoms with Gasteiger partial charge in [0.25, 0.3) is 0 Å². The van der Waals surface area contributed by atoms with Gasteiger partial charge < -0.3 is 10.8 Å². The molecule has 86 valence electrons. The van der Waals surface area contributed by atoms with Crippen LogP contribution < -0.4 is 5.73 Å². The van der Waals surface area contributed by atoms with Crippen molar-refractivity contribution in [2.24, 2.45) is 5.73 Å². The van der Waals surface area contributed by atoms with Crippen molar-refractivity contribution >= 4 is 0 Å². The molecule has 0 aromatic heterocycles. The van der Waals surface area contributed by atoms with E-state index in [1.165, 1.54) is 18.4 Å². The van der Waals surface area contributed by atoms with Gasteiger partial charge in [-0.1, -0.05) is 12.1 Å². The highest BCUT2D eigenvalue weighted by atomic mass is 16.3. The molecule has 3 rings (SSSR count). The summed E-state index contributed by atoms with van der Waals surface area (Å²) in [6, 6.07) is 9.10. The number of phenols is 1. The Kier molecular flexibility index (Phi) is 2.37. The summed E-state index contributed by atoms with van der Waals surface area (Å²) in [5.74, 6) is 0.337. The van der Waals surface area contributed by atoms with Gasteiger partial charge in [-0.25, -0.2) is 0 Å². The quantitative estimate of drug-likeness (QED) is 0.793. The number of nitrogens with two attached hydrogens (primary N) is 1. The lowest BCUT2D eigenvalue weighted by atomic mass is 10.0. The van der Waals surface area contributed by atoms with Crippen LogP contribution in [-0.2, 0) is 0 Å². The minimum Gasteiger partial charge on any atom is -0.508 e. The smallest absolute Gasteiger partial charge is 0.115 e. The number of benzene rings is 1. The molecular formula is C13H18N2O. The lowest BCUT2D eigenvalue weighted by Crippen LogP contribution is -2.29. The molecule has 2 aliphatic rings. The maximum Gasteiger partial charge on any atom is 0.115 e. The lowest BCUT2D eigenvalue weighted by Gasteiger charge is -2.24. The van der Waals surface area contributed by atoms with Crippen LogP contribution in [-0.4, -0.2) is 28.6 Å². The van der Waals surface area contributed by atoms with E-state index >= 15 is 0 Å². The Bertz CT molecular complexity index is 372. The second-order valence-electron chi connectivity index (χ2n) is 5.03. The fourth-order valence-electron chi connectivity index (χ4n) is 2.73. The van der Waals surface area contributed by atoms with Gasteiger partial charge in [0.1, 0.15) is 5.75 Å². The molecule has 1 aromatic carbocycles. The molecule has 2 unspecified atom stereocenters. The number of likely N-dealkylation sites (tertiary alicyclic amines) is 1. The van der Waals surface area contributed by atoms with Gasteiger partial charge in [0, 0.05) is 24.7 Å². The van der Waals surface area contributed by atoms with Gasteiger partial charge in [0.2, 0.25) is 0 Å². The minimum atomic E-state index is 0.305. The Labute approximate surface area is 95.9 Å². The third-order valence-corrected chi connectivity index (χ3v) is 3.67. The first-order valence-corrected chi connectivity index (χ1v) is 6.04. The molecule has 1 heterocycles. The van der Waals surface area contributed by atoms with Crippen LogP contribution in [0.15, 0.2) is 24.3 Å². The summed E-state index contributed by atoms with van der Waals surface area (Å²) >= 11 is 0. The fourth-order valence-corrected chi connectivity index (χ4v) is 2.73. The van der Waals surface area contributed by atoms with Gasteiger partial charge in [-0.2, -0.15) is 0 Å². The summed E-state index contributed by atoms with van der Waals surface area (Å²) in [5, 5.41) is 9.30. The third kappa shape index (κ3) is 1.81. The summed E-state index contributed by atoms with van der Waals surface area (Å²) in [6.45, 7) is 1.02. The van der Waals surface area contributed by atoms with Crippen LogP contribution >= 0.6 is 0 Å². The number of phenolic OH excluding ortho intramolecular Hbond substituents is 1. The molecule has 3 N–H and O–H groups in total. The molecule has 1 aliphatic heterocycles. The van der Waals surface area contributed by atoms with Crippen molar-refractivity contribution in [3.63, 3.8) is 0 Å². The summed E-state index contributed by atoms with van der Waals surface area (Å²) in [4.78, 5) is 2.54. The van der Waals surface area contributed by atoms with Crippen molar-refractivity contribution in [1.29, 1.82) is 0 Å². The average molecular weight is 218 g/mol. The Morgan fingerprint density at radius 1 is 1.19 bits per heavy atom. The van der Waals surface area contributed by atoms with Crippen molar-refractivity contribution in [3.8, 4) is 5.75 Å². The second kappa shape index (κ2) is 3.75. The summed E-state index contributed by atoms with van der Waals surface area (Å²) < 4.78 is 0. The molecule has 0 amide bonds. The average Bonchev–Trinajstić information content (AvgIpc) is 3.04. The molecule has 0 spiro atoms. The minimum absolute atomic E-state index is 0.305. The highest BCUT2D eigenvalue weighted by Gasteiger charge is 2.40. The molecular weight excluding hydrogens is 200 g/mol. The molecule has 16 heavy (non-hydrogen) atoms. The van der Waals surface area contributed by atoms with E-state index in [2.05, 4.69) is 4.90 Å². The van der Waals surface area contributed by atoms with Crippen LogP contribution in [0.25, 0.3) is 0 Å². The monoisotopic (exact) mass is 218 g/mol. The maximum atomic E-state index is 9.30. The normalized spacial score (nSPS) is 30.8. The van der Waals surface area contributed by atoms with Crippen LogP contribution in [0.2, 0.25) is 0 Å². The molecule has 1 saturated heterocycles. The van der Waals surface area contributed by atoms with Gasteiger partial charge >= 0.3 is 0 Å². The van der Waals surface area contributed by atoms with Crippen molar-refractivity contribution in [2.75, 3.05) is 6.54 Å². The van der Waals surface area contributed by atoms with E-state index < -0.39 is 0 Å². The first kappa shape index (κ1) is 10.1. The van der Waals surface area contributed by atoms with Crippen molar-refractivity contribution in [3.05, 3.63) is 29.8 Å². The number of nitrogens with zero attached hydrogens (tertiary/aromatic N) is 1. The van der Waals surface area contributed by atoms with Gasteiger partial charge in [-0.05, 0) is 37.0 Å². The van der Waals surface area contributed by atoms with Gasteiger partial charge in [-0.3, -0.25) is 4.90 Å². The highest BCUT2D eigenvalue weighted by Crippen LogP contribution is 2.40. The summed E-state index contributed by atoms with van der Waals surface area (Å²) in [6.07, 6.45) is 3.68. The van der Waals surface area contributed by atoms with E-state index in [1.54, 1.807) is 12.1 Å². The first-order valence-electron chi connectivity index (χ1n) is 6.04. The maximum absolute atomic E-state index is 9.30. The van der Waals surface area contributed by atoms with E-state index in [-0.39, 0.29) is 0 Å². The van der Waals surface area contributed by atoms with Crippen LogP contribution in [0.3, 0.4) is 0 Å². The van der Waals surface area contributed by atoms with E-state index in [4.69, 9.17) is 5.73 Å². The molecule has 1 aliphatic carbocycles. The van der Waals surface area contributed by atoms with E-state index in [9.17, 15) is 5.11 Å². The molecule has 3 nitrogen and oxygen atoms in total. The zero-order valence-electron chi connectivity index (χ0n) is 9.34. The van der Waals surface area contributed by atoms with Gasteiger partial charge in [0.05, 0.1) is 0 Å². The Balaban J connectivity index is 1.84. The van der Waals surface area contributed by atoms with E-state index in [0.29, 0.717) is 17.8 Å². The predicted molar refractivity (Wildman–Crippen MR) is 63.2 cm³/mol. The third-order valence-electron chi connectivity index (χ3n) is 3.67. The standard InChI is InChI=1S/C13H18N2O/c14-10-7-13(15(8-10)11-3-4-11)9-1-5-12(16)6-2-9/h1-2,5-6,10-11,13,16H,3-4,7-8,14H2. The predicted octanol–water partition coefficient (Wildman–Crippen LogP) is 1.63. The van der Waals surface area contributed by atoms with Crippen LogP contribution in [0, 0.1) is 0 Å². The topological polar surface area (TPSA) is 49.5 Å². The number of rotatable bonds is 2. The van der Waals surface area contributed by atoms with Gasteiger partial charge in [0.15, 0.2) is 0 Å². The van der Waals surface area contributed by atoms with E-state index in [1.807, 2.05) is 12.1 Å². The largest absolute Gasteiger partial charge is 0.508 e. The van der Waals surface area contributed by atoms with Crippen LogP contribution in [0.5, 0.6) is 5.75 Å². The van der Waals surface area contributed by atoms with Crippen molar-refractivity contribution in [1.82, 2.24) is 4.90 Å². The zero-order chi connectivity index (χ0) is 11.1. The highest BCUT2D eigenvalue weighted by molar-refractivity contribution is 5.29. The Morgan fingerprint density at radius 3 is 2.50 bits per heavy atom. The van der Waals surface area contributed by atoms with Crippen LogP contribution in [0.1, 0.15) is 30.9 Å². The Morgan fingerprint density at radius 2 is 1.88 bits per heavy atom. The summed E-state index contributed by atoms with van der Waals surface area (Å²) in [7, 11) is 0. The fraction of sp³-hybridized carbons (Fsp3) is 0.538. The molecule has 2 fully saturated rings. The lowest BCUT2D eigenvalue weighted by molar-refractivity contribution is 0.245. The van der Waals surface area contributed by atoms with Crippen molar-refractivity contribution < 1.29 is 5.11 Å². The molecule has 2 atom stereocenters. The van der Waals surface area contributed by atoms with E-state index in [0.717, 1.165) is 19.0 Å². The van der Waals surface area contributed by atoms with Crippen molar-refractivity contribution in [2.45, 2.75) is 37.4 Å².